The van der Waals surface area contributed by atoms with Gasteiger partial charge in [-0.3, -0.25) is 14.9 Å². The van der Waals surface area contributed by atoms with Crippen molar-refractivity contribution in [3.05, 3.63) is 15.3 Å². The number of hydrogen-bond acceptors (Lipinski definition) is 5. The molecule has 1 N–H and O–H groups in total. The number of nitro groups is 1. The zero-order valence-electron chi connectivity index (χ0n) is 9.23. The Kier molecular flexibility index (Phi) is 5.30. The molecular formula is C9H12ClN3O3S. The predicted molar refractivity (Wildman–Crippen MR) is 66.6 cm³/mol. The predicted octanol–water partition coefficient (Wildman–Crippen LogP) is 3.22. The van der Waals surface area contributed by atoms with Crippen LogP contribution in [0.2, 0.25) is 5.15 Å². The van der Waals surface area contributed by atoms with Crippen molar-refractivity contribution in [2.45, 2.75) is 32.6 Å². The molecule has 0 spiro atoms. The maximum Gasteiger partial charge on any atom is 0.364 e. The van der Waals surface area contributed by atoms with E-state index >= 15 is 0 Å². The molecule has 0 saturated heterocycles. The van der Waals surface area contributed by atoms with Crippen molar-refractivity contribution in [1.29, 1.82) is 0 Å². The summed E-state index contributed by atoms with van der Waals surface area (Å²) in [7, 11) is 0. The lowest BCUT2D eigenvalue weighted by Gasteiger charge is -1.99. The first-order valence-corrected chi connectivity index (χ1v) is 6.34. The molecule has 0 aromatic carbocycles. The molecule has 0 aliphatic carbocycles. The molecule has 8 heteroatoms. The van der Waals surface area contributed by atoms with Crippen LogP contribution < -0.4 is 5.32 Å². The van der Waals surface area contributed by atoms with Gasteiger partial charge in [0.15, 0.2) is 5.13 Å². The monoisotopic (exact) mass is 277 g/mol. The molecule has 0 saturated carbocycles. The summed E-state index contributed by atoms with van der Waals surface area (Å²) in [4.78, 5) is 25.0. The molecule has 0 aliphatic rings. The fourth-order valence-electron chi connectivity index (χ4n) is 1.18. The van der Waals surface area contributed by atoms with Crippen molar-refractivity contribution in [2.75, 3.05) is 5.32 Å². The molecule has 1 aromatic heterocycles. The van der Waals surface area contributed by atoms with Gasteiger partial charge in [-0.25, -0.2) is 4.98 Å². The topological polar surface area (TPSA) is 85.1 Å². The molecule has 17 heavy (non-hydrogen) atoms. The van der Waals surface area contributed by atoms with E-state index in [-0.39, 0.29) is 21.2 Å². The van der Waals surface area contributed by atoms with Crippen molar-refractivity contribution < 1.29 is 9.72 Å². The standard InChI is InChI=1S/C9H12ClN3O3S/c1-2-3-4-5-6(14)11-9-12-7(10)8(17-9)13(15)16/h2-5H2,1H3,(H,11,12,14). The summed E-state index contributed by atoms with van der Waals surface area (Å²) in [5.41, 5.74) is 0. The first-order chi connectivity index (χ1) is 8.04. The summed E-state index contributed by atoms with van der Waals surface area (Å²) in [6, 6.07) is 0. The van der Waals surface area contributed by atoms with E-state index in [0.717, 1.165) is 30.6 Å². The molecule has 1 amide bonds. The number of nitrogens with one attached hydrogen (secondary N) is 1. The highest BCUT2D eigenvalue weighted by molar-refractivity contribution is 7.19. The van der Waals surface area contributed by atoms with Gasteiger partial charge in [0.25, 0.3) is 0 Å². The number of rotatable bonds is 6. The van der Waals surface area contributed by atoms with Crippen molar-refractivity contribution in [2.24, 2.45) is 0 Å². The minimum Gasteiger partial charge on any atom is -0.302 e. The minimum absolute atomic E-state index is 0.170. The summed E-state index contributed by atoms with van der Waals surface area (Å²) in [6.45, 7) is 2.04. The number of aromatic nitrogens is 1. The number of amides is 1. The molecule has 0 unspecified atom stereocenters. The Morgan fingerprint density at radius 1 is 1.59 bits per heavy atom. The number of unbranched alkanes of at least 4 members (excludes halogenated alkanes) is 2. The molecule has 0 radical (unpaired) electrons. The van der Waals surface area contributed by atoms with E-state index in [1.165, 1.54) is 0 Å². The van der Waals surface area contributed by atoms with Gasteiger partial charge in [-0.05, 0) is 17.8 Å². The molecule has 6 nitrogen and oxygen atoms in total. The molecule has 0 fully saturated rings. The van der Waals surface area contributed by atoms with Crippen LogP contribution in [0.1, 0.15) is 32.6 Å². The highest BCUT2D eigenvalue weighted by Crippen LogP contribution is 2.33. The lowest BCUT2D eigenvalue weighted by molar-refractivity contribution is -0.380. The van der Waals surface area contributed by atoms with Gasteiger partial charge >= 0.3 is 5.00 Å². The molecule has 1 aromatic rings. The number of anilines is 1. The number of thiazole rings is 1. The van der Waals surface area contributed by atoms with Crippen molar-refractivity contribution >= 4 is 39.0 Å². The van der Waals surface area contributed by atoms with Crippen molar-refractivity contribution in [3.8, 4) is 0 Å². The third kappa shape index (κ3) is 4.27. The van der Waals surface area contributed by atoms with E-state index in [0.29, 0.717) is 6.42 Å². The van der Waals surface area contributed by atoms with Crippen LogP contribution in [0.4, 0.5) is 10.1 Å². The smallest absolute Gasteiger partial charge is 0.302 e. The van der Waals surface area contributed by atoms with Gasteiger partial charge in [-0.15, -0.1) is 0 Å². The summed E-state index contributed by atoms with van der Waals surface area (Å²) in [5, 5.41) is 12.7. The van der Waals surface area contributed by atoms with Crippen molar-refractivity contribution in [3.63, 3.8) is 0 Å². The van der Waals surface area contributed by atoms with E-state index in [4.69, 9.17) is 11.6 Å². The summed E-state index contributed by atoms with van der Waals surface area (Å²) < 4.78 is 0. The average molecular weight is 278 g/mol. The van der Waals surface area contributed by atoms with Crippen LogP contribution >= 0.6 is 22.9 Å². The average Bonchev–Trinajstić information content (AvgIpc) is 2.60. The Morgan fingerprint density at radius 3 is 2.82 bits per heavy atom. The third-order valence-electron chi connectivity index (χ3n) is 1.99. The second-order valence-corrected chi connectivity index (χ2v) is 4.71. The van der Waals surface area contributed by atoms with Crippen LogP contribution in [0.15, 0.2) is 0 Å². The maximum atomic E-state index is 11.4. The van der Waals surface area contributed by atoms with Gasteiger partial charge in [0, 0.05) is 6.42 Å². The van der Waals surface area contributed by atoms with E-state index in [1.807, 2.05) is 6.92 Å². The fourth-order valence-corrected chi connectivity index (χ4v) is 2.19. The van der Waals surface area contributed by atoms with E-state index < -0.39 is 4.92 Å². The minimum atomic E-state index is -0.618. The van der Waals surface area contributed by atoms with Gasteiger partial charge in [0.2, 0.25) is 11.1 Å². The van der Waals surface area contributed by atoms with Gasteiger partial charge < -0.3 is 5.32 Å². The van der Waals surface area contributed by atoms with Crippen LogP contribution in [-0.4, -0.2) is 15.8 Å². The Hall–Kier alpha value is -1.21. The van der Waals surface area contributed by atoms with Crippen LogP contribution in [-0.2, 0) is 4.79 Å². The second kappa shape index (κ2) is 6.51. The number of hydrogen-bond donors (Lipinski definition) is 1. The lowest BCUT2D eigenvalue weighted by Crippen LogP contribution is -2.10. The van der Waals surface area contributed by atoms with E-state index in [1.54, 1.807) is 0 Å². The number of carbonyl (C=O) groups excluding carboxylic acids is 1. The molecular weight excluding hydrogens is 266 g/mol. The lowest BCUT2D eigenvalue weighted by atomic mass is 10.2. The normalized spacial score (nSPS) is 10.2. The van der Waals surface area contributed by atoms with Crippen molar-refractivity contribution in [1.82, 2.24) is 4.98 Å². The van der Waals surface area contributed by atoms with Gasteiger partial charge in [-0.1, -0.05) is 31.4 Å². The first kappa shape index (κ1) is 13.9. The SMILES string of the molecule is CCCCCC(=O)Nc1nc(Cl)c([N+](=O)[O-])s1. The number of halogens is 1. The molecule has 0 bridgehead atoms. The molecule has 0 atom stereocenters. The molecule has 94 valence electrons. The zero-order valence-corrected chi connectivity index (χ0v) is 10.8. The summed E-state index contributed by atoms with van der Waals surface area (Å²) in [6.07, 6.45) is 3.19. The quantitative estimate of drug-likeness (QED) is 0.491. The van der Waals surface area contributed by atoms with Gasteiger partial charge in [-0.2, -0.15) is 0 Å². The molecule has 1 rings (SSSR count). The summed E-state index contributed by atoms with van der Waals surface area (Å²) in [5.74, 6) is -0.196. The van der Waals surface area contributed by atoms with Crippen LogP contribution in [0.5, 0.6) is 0 Å². The highest BCUT2D eigenvalue weighted by atomic mass is 35.5. The van der Waals surface area contributed by atoms with Crippen LogP contribution in [0.25, 0.3) is 0 Å². The Bertz CT molecular complexity index is 422. The highest BCUT2D eigenvalue weighted by Gasteiger charge is 2.20. The molecule has 0 aliphatic heterocycles. The zero-order chi connectivity index (χ0) is 12.8. The van der Waals surface area contributed by atoms with Crippen LogP contribution in [0, 0.1) is 10.1 Å². The largest absolute Gasteiger partial charge is 0.364 e. The number of carbonyl (C=O) groups is 1. The summed E-state index contributed by atoms with van der Waals surface area (Å²) >= 11 is 6.32. The maximum absolute atomic E-state index is 11.4. The van der Waals surface area contributed by atoms with E-state index in [9.17, 15) is 14.9 Å². The number of nitrogens with zero attached hydrogens (tertiary/aromatic N) is 2. The second-order valence-electron chi connectivity index (χ2n) is 3.38. The third-order valence-corrected chi connectivity index (χ3v) is 3.29. The van der Waals surface area contributed by atoms with Gasteiger partial charge in [0.1, 0.15) is 0 Å². The molecule has 1 heterocycles. The van der Waals surface area contributed by atoms with Crippen LogP contribution in [0.3, 0.4) is 0 Å². The van der Waals surface area contributed by atoms with E-state index in [2.05, 4.69) is 10.3 Å². The van der Waals surface area contributed by atoms with Gasteiger partial charge in [0.05, 0.1) is 4.92 Å². The fraction of sp³-hybridized carbons (Fsp3) is 0.556. The Balaban J connectivity index is 2.54. The Morgan fingerprint density at radius 2 is 2.29 bits per heavy atom. The Labute approximate surface area is 107 Å². The first-order valence-electron chi connectivity index (χ1n) is 5.15.